The molecule has 2 aliphatic heterocycles. The van der Waals surface area contributed by atoms with Gasteiger partial charge in [0.2, 0.25) is 0 Å². The molecular formula is C23H31N5O2S. The molecule has 0 aromatic carbocycles. The number of aromatic nitrogens is 3. The zero-order valence-electron chi connectivity index (χ0n) is 18.8. The van der Waals surface area contributed by atoms with Gasteiger partial charge < -0.3 is 14.8 Å². The molecule has 3 aromatic rings. The highest BCUT2D eigenvalue weighted by molar-refractivity contribution is 7.26. The van der Waals surface area contributed by atoms with Crippen molar-refractivity contribution in [1.82, 2.24) is 19.9 Å². The van der Waals surface area contributed by atoms with E-state index in [1.807, 2.05) is 0 Å². The van der Waals surface area contributed by atoms with E-state index in [2.05, 4.69) is 42.9 Å². The number of fused-ring (bicyclic) bond motifs is 5. The Balaban J connectivity index is 1.54. The predicted molar refractivity (Wildman–Crippen MR) is 125 cm³/mol. The van der Waals surface area contributed by atoms with Crippen molar-refractivity contribution < 1.29 is 9.47 Å². The van der Waals surface area contributed by atoms with Crippen LogP contribution in [0.1, 0.15) is 50.4 Å². The summed E-state index contributed by atoms with van der Waals surface area (Å²) < 4.78 is 12.7. The molecule has 0 amide bonds. The van der Waals surface area contributed by atoms with Crippen molar-refractivity contribution in [3.05, 3.63) is 23.1 Å². The quantitative estimate of drug-likeness (QED) is 0.642. The van der Waals surface area contributed by atoms with Gasteiger partial charge in [-0.25, -0.2) is 15.0 Å². The summed E-state index contributed by atoms with van der Waals surface area (Å²) in [5.74, 6) is 1.26. The fraction of sp³-hybridized carbons (Fsp3) is 0.609. The maximum atomic E-state index is 6.16. The largest absolute Gasteiger partial charge is 0.379 e. The van der Waals surface area contributed by atoms with Crippen molar-refractivity contribution in [2.45, 2.75) is 52.2 Å². The number of anilines is 1. The van der Waals surface area contributed by atoms with E-state index in [1.54, 1.807) is 17.7 Å². The van der Waals surface area contributed by atoms with E-state index in [-0.39, 0.29) is 5.60 Å². The minimum Gasteiger partial charge on any atom is -0.379 e. The molecule has 5 heterocycles. The zero-order valence-corrected chi connectivity index (χ0v) is 19.6. The summed E-state index contributed by atoms with van der Waals surface area (Å²) >= 11 is 1.71. The van der Waals surface area contributed by atoms with Crippen LogP contribution in [0.3, 0.4) is 0 Å². The lowest BCUT2D eigenvalue weighted by Gasteiger charge is -2.33. The Hall–Kier alpha value is -1.87. The molecular weight excluding hydrogens is 410 g/mol. The van der Waals surface area contributed by atoms with E-state index in [0.29, 0.717) is 12.5 Å². The van der Waals surface area contributed by atoms with Gasteiger partial charge in [0, 0.05) is 43.5 Å². The molecule has 5 rings (SSSR count). The van der Waals surface area contributed by atoms with Crippen LogP contribution in [0.15, 0.2) is 6.33 Å². The fourth-order valence-corrected chi connectivity index (χ4v) is 5.72. The van der Waals surface area contributed by atoms with Gasteiger partial charge in [-0.1, -0.05) is 13.8 Å². The minimum absolute atomic E-state index is 0.184. The van der Waals surface area contributed by atoms with E-state index in [0.717, 1.165) is 72.4 Å². The first-order valence-corrected chi connectivity index (χ1v) is 12.0. The molecule has 1 saturated heterocycles. The van der Waals surface area contributed by atoms with Crippen LogP contribution in [-0.2, 0) is 22.5 Å². The summed E-state index contributed by atoms with van der Waals surface area (Å²) in [4.78, 5) is 17.9. The molecule has 8 heteroatoms. The Morgan fingerprint density at radius 1 is 1.19 bits per heavy atom. The molecule has 3 aromatic heterocycles. The summed E-state index contributed by atoms with van der Waals surface area (Å²) in [5, 5.41) is 4.74. The second kappa shape index (κ2) is 8.24. The van der Waals surface area contributed by atoms with Crippen LogP contribution in [0.4, 0.5) is 5.82 Å². The lowest BCUT2D eigenvalue weighted by Crippen LogP contribution is -2.39. The second-order valence-electron chi connectivity index (χ2n) is 9.40. The third-order valence-electron chi connectivity index (χ3n) is 6.23. The number of rotatable bonds is 5. The Morgan fingerprint density at radius 3 is 2.77 bits per heavy atom. The van der Waals surface area contributed by atoms with Gasteiger partial charge >= 0.3 is 0 Å². The van der Waals surface area contributed by atoms with Crippen LogP contribution >= 0.6 is 11.3 Å². The molecule has 2 aliphatic rings. The van der Waals surface area contributed by atoms with Crippen molar-refractivity contribution in [1.29, 1.82) is 0 Å². The van der Waals surface area contributed by atoms with Gasteiger partial charge in [0.05, 0.1) is 41.3 Å². The standard InChI is InChI=1S/C23H31N5O2S/c1-14(2)18-16-12-30-23(3,4)11-15(16)17-19-20(31-22(17)27-18)21(26-13-25-19)24-5-6-28-7-9-29-10-8-28/h13-14H,5-12H2,1-4H3,(H,24,25,26). The summed E-state index contributed by atoms with van der Waals surface area (Å²) in [5.41, 5.74) is 4.59. The van der Waals surface area contributed by atoms with Crippen LogP contribution in [0, 0.1) is 0 Å². The second-order valence-corrected chi connectivity index (χ2v) is 10.4. The maximum Gasteiger partial charge on any atom is 0.147 e. The predicted octanol–water partition coefficient (Wildman–Crippen LogP) is 3.96. The first-order valence-electron chi connectivity index (χ1n) is 11.2. The molecule has 1 N–H and O–H groups in total. The number of pyridine rings is 1. The van der Waals surface area contributed by atoms with E-state index in [1.165, 1.54) is 16.5 Å². The van der Waals surface area contributed by atoms with Gasteiger partial charge in [-0.15, -0.1) is 11.3 Å². The average molecular weight is 442 g/mol. The first kappa shape index (κ1) is 21.0. The van der Waals surface area contributed by atoms with Gasteiger partial charge in [-0.05, 0) is 25.3 Å². The molecule has 0 radical (unpaired) electrons. The normalized spacial score (nSPS) is 19.3. The number of hydrogen-bond donors (Lipinski definition) is 1. The fourth-order valence-electron chi connectivity index (χ4n) is 4.59. The van der Waals surface area contributed by atoms with Gasteiger partial charge in [0.1, 0.15) is 17.0 Å². The van der Waals surface area contributed by atoms with Crippen LogP contribution < -0.4 is 5.32 Å². The molecule has 0 saturated carbocycles. The van der Waals surface area contributed by atoms with Crippen LogP contribution in [0.2, 0.25) is 0 Å². The molecule has 166 valence electrons. The average Bonchev–Trinajstić information content (AvgIpc) is 3.13. The summed E-state index contributed by atoms with van der Waals surface area (Å²) in [6.07, 6.45) is 2.55. The molecule has 1 fully saturated rings. The third kappa shape index (κ3) is 4.02. The van der Waals surface area contributed by atoms with Crippen molar-refractivity contribution in [2.75, 3.05) is 44.7 Å². The van der Waals surface area contributed by atoms with E-state index in [4.69, 9.17) is 19.4 Å². The molecule has 0 atom stereocenters. The first-order chi connectivity index (χ1) is 14.9. The molecule has 0 unspecified atom stereocenters. The molecule has 0 bridgehead atoms. The minimum atomic E-state index is -0.184. The van der Waals surface area contributed by atoms with Crippen molar-refractivity contribution in [2.24, 2.45) is 0 Å². The Morgan fingerprint density at radius 2 is 2.00 bits per heavy atom. The van der Waals surface area contributed by atoms with Gasteiger partial charge in [-0.3, -0.25) is 4.90 Å². The van der Waals surface area contributed by atoms with Gasteiger partial charge in [0.25, 0.3) is 0 Å². The molecule has 7 nitrogen and oxygen atoms in total. The number of hydrogen-bond acceptors (Lipinski definition) is 8. The SMILES string of the molecule is CC(C)c1nc2sc3c(NCCN4CCOCC4)ncnc3c2c2c1COC(C)(C)C2. The topological polar surface area (TPSA) is 72.4 Å². The Kier molecular flexibility index (Phi) is 5.58. The number of morpholine rings is 1. The highest BCUT2D eigenvalue weighted by Crippen LogP contribution is 2.43. The molecule has 0 spiro atoms. The van der Waals surface area contributed by atoms with Crippen molar-refractivity contribution in [3.8, 4) is 0 Å². The van der Waals surface area contributed by atoms with Crippen LogP contribution in [0.5, 0.6) is 0 Å². The zero-order chi connectivity index (χ0) is 21.6. The smallest absolute Gasteiger partial charge is 0.147 e. The van der Waals surface area contributed by atoms with Crippen LogP contribution in [-0.4, -0.2) is 64.8 Å². The summed E-state index contributed by atoms with van der Waals surface area (Å²) in [6, 6.07) is 0. The Labute approximate surface area is 187 Å². The monoisotopic (exact) mass is 441 g/mol. The molecule has 0 aliphatic carbocycles. The highest BCUT2D eigenvalue weighted by Gasteiger charge is 2.32. The maximum absolute atomic E-state index is 6.16. The number of nitrogens with zero attached hydrogens (tertiary/aromatic N) is 4. The number of nitrogens with one attached hydrogen (secondary N) is 1. The summed E-state index contributed by atoms with van der Waals surface area (Å²) in [7, 11) is 0. The van der Waals surface area contributed by atoms with E-state index >= 15 is 0 Å². The Bertz CT molecular complexity index is 1100. The number of ether oxygens (including phenoxy) is 2. The van der Waals surface area contributed by atoms with E-state index < -0.39 is 0 Å². The summed E-state index contributed by atoms with van der Waals surface area (Å²) in [6.45, 7) is 14.8. The lowest BCUT2D eigenvalue weighted by molar-refractivity contribution is -0.0402. The third-order valence-corrected chi connectivity index (χ3v) is 7.31. The van der Waals surface area contributed by atoms with Crippen molar-refractivity contribution >= 4 is 37.6 Å². The lowest BCUT2D eigenvalue weighted by atomic mass is 9.87. The van der Waals surface area contributed by atoms with Crippen LogP contribution in [0.25, 0.3) is 20.4 Å². The number of thiophene rings is 1. The van der Waals surface area contributed by atoms with Gasteiger partial charge in [0.15, 0.2) is 0 Å². The van der Waals surface area contributed by atoms with Gasteiger partial charge in [-0.2, -0.15) is 0 Å². The van der Waals surface area contributed by atoms with Crippen molar-refractivity contribution in [3.63, 3.8) is 0 Å². The molecule has 31 heavy (non-hydrogen) atoms. The van der Waals surface area contributed by atoms with E-state index in [9.17, 15) is 0 Å². The highest BCUT2D eigenvalue weighted by atomic mass is 32.1.